The molecule has 0 aliphatic carbocycles. The van der Waals surface area contributed by atoms with E-state index in [1.165, 1.54) is 26.7 Å². The monoisotopic (exact) mass is 508 g/mol. The first-order chi connectivity index (χ1) is 15.6. The fraction of sp³-hybridized carbons (Fsp3) is 0.522. The van der Waals surface area contributed by atoms with Crippen molar-refractivity contribution in [3.05, 3.63) is 41.0 Å². The van der Waals surface area contributed by atoms with Gasteiger partial charge in [-0.25, -0.2) is 9.71 Å². The lowest BCUT2D eigenvalue weighted by Gasteiger charge is -2.34. The smallest absolute Gasteiger partial charge is 0.243 e. The zero-order chi connectivity index (χ0) is 24.2. The van der Waals surface area contributed by atoms with Crippen LogP contribution in [0.25, 0.3) is 10.4 Å². The van der Waals surface area contributed by atoms with E-state index >= 15 is 0 Å². The summed E-state index contributed by atoms with van der Waals surface area (Å²) in [5, 5.41) is 13.2. The summed E-state index contributed by atoms with van der Waals surface area (Å²) in [6.45, 7) is 8.48. The average Bonchev–Trinajstić information content (AvgIpc) is 3.37. The van der Waals surface area contributed by atoms with E-state index in [4.69, 9.17) is 0 Å². The van der Waals surface area contributed by atoms with Gasteiger partial charge in [-0.1, -0.05) is 55.8 Å². The van der Waals surface area contributed by atoms with Crippen LogP contribution in [-0.2, 0) is 16.1 Å². The van der Waals surface area contributed by atoms with Crippen LogP contribution in [0.15, 0.2) is 29.8 Å². The number of aliphatic hydroxyl groups excluding tert-OH is 1. The van der Waals surface area contributed by atoms with Crippen LogP contribution in [0.2, 0.25) is 0 Å². The van der Waals surface area contributed by atoms with Gasteiger partial charge in [0.15, 0.2) is 0 Å². The number of nitrogens with one attached hydrogen (secondary N) is 2. The number of amides is 2. The molecule has 1 aromatic heterocycles. The maximum Gasteiger partial charge on any atom is 0.243 e. The molecule has 33 heavy (non-hydrogen) atoms. The minimum Gasteiger partial charge on any atom is -0.391 e. The highest BCUT2D eigenvalue weighted by atomic mass is 33.1. The molecule has 0 saturated carbocycles. The van der Waals surface area contributed by atoms with E-state index < -0.39 is 18.2 Å². The third-order valence-electron chi connectivity index (χ3n) is 5.66. The molecule has 1 aliphatic heterocycles. The molecule has 2 heterocycles. The summed E-state index contributed by atoms with van der Waals surface area (Å²) < 4.78 is 3.21. The van der Waals surface area contributed by atoms with Crippen molar-refractivity contribution in [3.63, 3.8) is 0 Å². The van der Waals surface area contributed by atoms with Crippen molar-refractivity contribution >= 4 is 44.9 Å². The quantitative estimate of drug-likeness (QED) is 0.370. The zero-order valence-corrected chi connectivity index (χ0v) is 22.1. The highest BCUT2D eigenvalue weighted by Gasteiger charge is 2.43. The fourth-order valence-corrected chi connectivity index (χ4v) is 5.86. The number of aromatic nitrogens is 1. The van der Waals surface area contributed by atoms with E-state index in [-0.39, 0.29) is 30.2 Å². The van der Waals surface area contributed by atoms with Crippen LogP contribution in [-0.4, -0.2) is 57.8 Å². The number of hydrogen-bond donors (Lipinski definition) is 3. The molecule has 180 valence electrons. The summed E-state index contributed by atoms with van der Waals surface area (Å²) in [7, 11) is 2.93. The second-order valence-electron chi connectivity index (χ2n) is 9.24. The Labute approximate surface area is 207 Å². The number of hydrogen-bond acceptors (Lipinski definition) is 8. The number of aliphatic hydroxyl groups is 1. The van der Waals surface area contributed by atoms with Crippen molar-refractivity contribution < 1.29 is 14.7 Å². The number of nitrogens with zero attached hydrogens (tertiary/aromatic N) is 2. The van der Waals surface area contributed by atoms with Crippen LogP contribution in [0.4, 0.5) is 0 Å². The topological polar surface area (TPSA) is 94.6 Å². The fourth-order valence-electron chi connectivity index (χ4n) is 3.83. The summed E-state index contributed by atoms with van der Waals surface area (Å²) in [4.78, 5) is 33.3. The van der Waals surface area contributed by atoms with Crippen molar-refractivity contribution in [1.82, 2.24) is 19.9 Å². The van der Waals surface area contributed by atoms with Gasteiger partial charge in [0.25, 0.3) is 0 Å². The molecule has 3 N–H and O–H groups in total. The predicted octanol–water partition coefficient (Wildman–Crippen LogP) is 3.63. The summed E-state index contributed by atoms with van der Waals surface area (Å²) in [5.74, 6) is -0.405. The number of benzene rings is 1. The lowest BCUT2D eigenvalue weighted by molar-refractivity contribution is -0.141. The second kappa shape index (κ2) is 11.2. The van der Waals surface area contributed by atoms with Crippen LogP contribution in [0, 0.1) is 12.3 Å². The van der Waals surface area contributed by atoms with Gasteiger partial charge in [-0.2, -0.15) is 0 Å². The lowest BCUT2D eigenvalue weighted by atomic mass is 9.86. The Morgan fingerprint density at radius 1 is 1.30 bits per heavy atom. The lowest BCUT2D eigenvalue weighted by Crippen LogP contribution is -2.55. The van der Waals surface area contributed by atoms with Crippen molar-refractivity contribution in [1.29, 1.82) is 0 Å². The number of aryl methyl sites for hydroxylation is 1. The molecule has 2 aromatic rings. The van der Waals surface area contributed by atoms with Crippen LogP contribution >= 0.6 is 33.1 Å². The van der Waals surface area contributed by atoms with Gasteiger partial charge in [-0.3, -0.25) is 9.59 Å². The Morgan fingerprint density at radius 3 is 2.58 bits per heavy atom. The molecule has 0 spiro atoms. The van der Waals surface area contributed by atoms with Gasteiger partial charge in [0, 0.05) is 19.5 Å². The van der Waals surface area contributed by atoms with Crippen LogP contribution in [0.5, 0.6) is 0 Å². The molecule has 10 heteroatoms. The molecule has 7 nitrogen and oxygen atoms in total. The molecule has 1 aliphatic rings. The maximum atomic E-state index is 13.4. The summed E-state index contributed by atoms with van der Waals surface area (Å²) in [6.07, 6.45) is 1.47. The molecular weight excluding hydrogens is 476 g/mol. The van der Waals surface area contributed by atoms with Crippen LogP contribution in [0.3, 0.4) is 0 Å². The molecule has 2 amide bonds. The van der Waals surface area contributed by atoms with Gasteiger partial charge >= 0.3 is 0 Å². The van der Waals surface area contributed by atoms with Crippen molar-refractivity contribution in [3.8, 4) is 10.4 Å². The van der Waals surface area contributed by atoms with Gasteiger partial charge in [0.05, 0.1) is 22.2 Å². The first kappa shape index (κ1) is 26.0. The van der Waals surface area contributed by atoms with Gasteiger partial charge in [0.2, 0.25) is 11.8 Å². The second-order valence-corrected chi connectivity index (χ2v) is 12.3. The van der Waals surface area contributed by atoms with Crippen LogP contribution < -0.4 is 10.0 Å². The number of carbonyl (C=O) groups excluding carboxylic acids is 2. The van der Waals surface area contributed by atoms with Crippen LogP contribution in [0.1, 0.15) is 38.4 Å². The normalized spacial score (nSPS) is 19.5. The van der Waals surface area contributed by atoms with E-state index in [1.54, 1.807) is 11.3 Å². The number of β-amino-alcohol motifs (C(OH)–C–C–N with tert-alkyl or cyclic N) is 1. The van der Waals surface area contributed by atoms with Gasteiger partial charge < -0.3 is 15.3 Å². The van der Waals surface area contributed by atoms with E-state index in [2.05, 4.69) is 15.0 Å². The SMILES string of the molecule is CSSN[C@H](C(=O)N1C[C@H](O)C[C@H]1C(=O)NCc1ccc(-c2scnc2C)cc1)C(C)(C)C. The number of carbonyl (C=O) groups is 2. The third kappa shape index (κ3) is 6.51. The average molecular weight is 509 g/mol. The molecule has 1 saturated heterocycles. The highest BCUT2D eigenvalue weighted by Crippen LogP contribution is 2.29. The molecule has 3 atom stereocenters. The molecule has 0 unspecified atom stereocenters. The largest absolute Gasteiger partial charge is 0.391 e. The first-order valence-electron chi connectivity index (χ1n) is 10.8. The molecule has 1 aromatic carbocycles. The minimum atomic E-state index is -0.708. The molecule has 0 bridgehead atoms. The molecule has 0 radical (unpaired) electrons. The Bertz CT molecular complexity index is 959. The first-order valence-corrected chi connectivity index (χ1v) is 14.3. The van der Waals surface area contributed by atoms with E-state index in [0.717, 1.165) is 21.7 Å². The Hall–Kier alpha value is -1.59. The van der Waals surface area contributed by atoms with E-state index in [0.29, 0.717) is 6.54 Å². The highest BCUT2D eigenvalue weighted by molar-refractivity contribution is 8.75. The van der Waals surface area contributed by atoms with Crippen molar-refractivity contribution in [2.45, 2.75) is 58.8 Å². The van der Waals surface area contributed by atoms with Gasteiger partial charge in [0.1, 0.15) is 12.1 Å². The number of thiazole rings is 1. The predicted molar refractivity (Wildman–Crippen MR) is 138 cm³/mol. The van der Waals surface area contributed by atoms with Crippen molar-refractivity contribution in [2.24, 2.45) is 5.41 Å². The van der Waals surface area contributed by atoms with Crippen molar-refractivity contribution in [2.75, 3.05) is 12.8 Å². The van der Waals surface area contributed by atoms with Gasteiger partial charge in [-0.15, -0.1) is 11.3 Å². The molecular formula is C23H32N4O3S3. The Balaban J connectivity index is 1.65. The number of likely N-dealkylation sites (tertiary alicyclic amines) is 1. The zero-order valence-electron chi connectivity index (χ0n) is 19.6. The third-order valence-corrected chi connectivity index (χ3v) is 7.92. The summed E-state index contributed by atoms with van der Waals surface area (Å²) >= 11 is 1.61. The minimum absolute atomic E-state index is 0.162. The van der Waals surface area contributed by atoms with Gasteiger partial charge in [-0.05, 0) is 40.7 Å². The van der Waals surface area contributed by atoms with E-state index in [1.807, 2.05) is 63.7 Å². The Morgan fingerprint density at radius 2 is 2.00 bits per heavy atom. The summed E-state index contributed by atoms with van der Waals surface area (Å²) in [5.41, 5.74) is 4.57. The standard InChI is InChI=1S/C23H32N4O3S3/c1-14-19(32-13-25-14)16-8-6-15(7-9-16)11-24-21(29)18-10-17(28)12-27(18)22(30)20(23(2,3)4)26-33-31-5/h6-9,13,17-18,20,26,28H,10-12H2,1-5H3,(H,24,29)/t17-,18+,20-/m1/s1. The number of rotatable bonds is 8. The van der Waals surface area contributed by atoms with E-state index in [9.17, 15) is 14.7 Å². The maximum absolute atomic E-state index is 13.4. The molecule has 1 fully saturated rings. The summed E-state index contributed by atoms with van der Waals surface area (Å²) in [6, 6.07) is 6.87. The Kier molecular flexibility index (Phi) is 8.85. The molecule has 3 rings (SSSR count).